The van der Waals surface area contributed by atoms with Gasteiger partial charge in [-0.3, -0.25) is 0 Å². The Bertz CT molecular complexity index is 5240. The zero-order valence-corrected chi connectivity index (χ0v) is 72.4. The molecule has 0 radical (unpaired) electrons. The second-order valence-corrected chi connectivity index (χ2v) is 27.8. The van der Waals surface area contributed by atoms with Crippen molar-refractivity contribution in [2.45, 2.75) is 312 Å². The second-order valence-electron chi connectivity index (χ2n) is 27.8. The maximum absolute atomic E-state index is 13.0. The van der Waals surface area contributed by atoms with Crippen molar-refractivity contribution in [3.05, 3.63) is 0 Å². The Balaban J connectivity index is -0.0000000319. The summed E-state index contributed by atoms with van der Waals surface area (Å²) in [5.41, 5.74) is 0. The summed E-state index contributed by atoms with van der Waals surface area (Å²) in [6, 6.07) is 0. The Morgan fingerprint density at radius 3 is 0.936 bits per heavy atom. The summed E-state index contributed by atoms with van der Waals surface area (Å²) in [7, 11) is 2.78. The second kappa shape index (κ2) is 74.4. The highest BCUT2D eigenvalue weighted by atomic mass is 16.8. The van der Waals surface area contributed by atoms with Crippen LogP contribution < -0.4 is 0 Å². The Morgan fingerprint density at radius 2 is 0.624 bits per heavy atom. The Morgan fingerprint density at radius 1 is 0.344 bits per heavy atom. The van der Waals surface area contributed by atoms with Gasteiger partial charge in [-0.1, -0.05) is 180 Å². The fourth-order valence-corrected chi connectivity index (χ4v) is 11.6. The van der Waals surface area contributed by atoms with Gasteiger partial charge in [0.05, 0.1) is 38.6 Å². The van der Waals surface area contributed by atoms with E-state index < -0.39 is 122 Å². The first kappa shape index (κ1) is 109. The predicted molar refractivity (Wildman–Crippen MR) is 575 cm³/mol. The van der Waals surface area contributed by atoms with E-state index in [4.69, 9.17) is 47.4 Å². The predicted octanol–water partition coefficient (Wildman–Crippen LogP) is 18.1. The molecule has 0 aromatic rings. The van der Waals surface area contributed by atoms with E-state index in [-0.39, 0.29) is 94.7 Å². The first-order chi connectivity index (χ1) is 60.9. The third-order valence-electron chi connectivity index (χ3n) is 17.6. The van der Waals surface area contributed by atoms with E-state index >= 15 is 0 Å². The molecule has 0 aromatic heterocycles. The van der Waals surface area contributed by atoms with Gasteiger partial charge in [0.2, 0.25) is 0 Å². The highest BCUT2D eigenvalue weighted by Gasteiger charge is 2.49. The number of unbranched alkanes of at least 4 members (excludes halogenated alkanes) is 22. The van der Waals surface area contributed by atoms with Crippen LogP contribution in [0, 0.1) is 284 Å². The van der Waals surface area contributed by atoms with Crippen LogP contribution in [0.1, 0.15) is 277 Å². The average Bonchev–Trinajstić information content (AvgIpc) is 1.69. The van der Waals surface area contributed by atoms with Crippen LogP contribution in [0.25, 0.3) is 0 Å². The molecule has 744 valence electrons. The molecule has 10 unspecified atom stereocenters. The number of carbonyl (C=O) groups is 2. The molecule has 0 aromatic carbocycles. The van der Waals surface area contributed by atoms with Crippen molar-refractivity contribution in [3.63, 3.8) is 0 Å². The summed E-state index contributed by atoms with van der Waals surface area (Å²) < 4.78 is 56.5. The van der Waals surface area contributed by atoms with E-state index in [1.165, 1.54) is 117 Å². The van der Waals surface area contributed by atoms with Crippen LogP contribution in [-0.2, 0) is 57.0 Å². The van der Waals surface area contributed by atoms with Crippen molar-refractivity contribution >= 4 is 11.9 Å². The molecule has 0 spiro atoms. The first-order valence-electron chi connectivity index (χ1n) is 41.5. The lowest BCUT2D eigenvalue weighted by Gasteiger charge is -2.40. The van der Waals surface area contributed by atoms with Gasteiger partial charge in [-0.15, -0.1) is 0 Å². The van der Waals surface area contributed by atoms with Crippen molar-refractivity contribution < 1.29 is 166 Å². The number of rotatable bonds is 41. The van der Waals surface area contributed by atoms with Crippen LogP contribution in [0.5, 0.6) is 0 Å². The van der Waals surface area contributed by atoms with Crippen molar-refractivity contribution in [2.24, 2.45) is 0 Å². The molecule has 8 N–H and O–H groups in total. The van der Waals surface area contributed by atoms with Gasteiger partial charge in [0.25, 0.3) is 0 Å². The van der Waals surface area contributed by atoms with Gasteiger partial charge in [-0.05, 0) is 230 Å². The molecule has 0 amide bonds. The van der Waals surface area contributed by atoms with Crippen LogP contribution in [0.2, 0.25) is 0 Å². The number of methoxy groups -OCH3 is 2. The molecule has 3 fully saturated rings. The third-order valence-corrected chi connectivity index (χ3v) is 17.6. The topological polar surface area (TPSA) is 288 Å². The smallest absolute Gasteiger partial charge is 0.385 e. The largest absolute Gasteiger partial charge is 0.447 e. The summed E-state index contributed by atoms with van der Waals surface area (Å²) in [6.45, 7) is 10.3. The van der Waals surface area contributed by atoms with Crippen molar-refractivity contribution in [1.29, 1.82) is 0 Å². The average molecular weight is 1790 g/mol. The minimum atomic E-state index is -1.67. The van der Waals surface area contributed by atoms with Crippen molar-refractivity contribution in [2.75, 3.05) is 40.6 Å². The molecule has 20 heteroatoms. The fourth-order valence-electron chi connectivity index (χ4n) is 11.6. The van der Waals surface area contributed by atoms with Crippen molar-refractivity contribution in [1.82, 2.24) is 0 Å². The lowest BCUT2D eigenvalue weighted by Crippen LogP contribution is -2.59. The summed E-state index contributed by atoms with van der Waals surface area (Å²) >= 11 is 0. The summed E-state index contributed by atoms with van der Waals surface area (Å²) in [5.74, 6) is 116. The number of aliphatic hydroxyl groups excluding tert-OH is 8. The number of carbonyl (C=O) groups excluding carboxylic acids is 2. The van der Waals surface area contributed by atoms with Gasteiger partial charge in [0, 0.05) is 166 Å². The zero-order valence-electron chi connectivity index (χ0n) is 72.4. The van der Waals surface area contributed by atoms with Gasteiger partial charge in [0.15, 0.2) is 30.6 Å². The maximum Gasteiger partial charge on any atom is 0.385 e. The molecule has 0 bridgehead atoms. The normalized spacial score (nSPS) is 19.3. The number of hydrogen-bond acceptors (Lipinski definition) is 20. The molecule has 3 aliphatic heterocycles. The molecule has 3 aliphatic rings. The number of aliphatic hydroxyl groups is 8. The van der Waals surface area contributed by atoms with Crippen LogP contribution in [-0.4, -0.2) is 197 Å². The molecular weight excluding hydrogens is 1580 g/mol. The number of ether oxygens (including phenoxy) is 10. The van der Waals surface area contributed by atoms with E-state index in [1.807, 2.05) is 0 Å². The van der Waals surface area contributed by atoms with Gasteiger partial charge in [-0.2, -0.15) is 0 Å². The Kier molecular flexibility index (Phi) is 64.7. The molecule has 0 aliphatic carbocycles. The van der Waals surface area contributed by atoms with Gasteiger partial charge in [-0.25, -0.2) is 9.59 Å². The molecule has 0 saturated carbocycles. The minimum Gasteiger partial charge on any atom is -0.447 e. The first-order valence-corrected chi connectivity index (χ1v) is 41.5. The van der Waals surface area contributed by atoms with E-state index in [9.17, 15) is 50.4 Å². The van der Waals surface area contributed by atoms with E-state index in [1.54, 1.807) is 27.7 Å². The van der Waals surface area contributed by atoms with Crippen LogP contribution in [0.3, 0.4) is 0 Å². The van der Waals surface area contributed by atoms with Crippen LogP contribution >= 0.6 is 0 Å². The highest BCUT2D eigenvalue weighted by Crippen LogP contribution is 2.35. The van der Waals surface area contributed by atoms with Gasteiger partial charge >= 0.3 is 11.9 Å². The number of esters is 2. The molecule has 20 nitrogen and oxygen atoms in total. The monoisotopic (exact) mass is 1790 g/mol. The molecule has 16 atom stereocenters. The maximum atomic E-state index is 13.0. The Labute approximate surface area is 814 Å². The lowest BCUT2D eigenvalue weighted by molar-refractivity contribution is -0.307. The SMILES string of the molecule is CC#CC#CC#CC#CC#CC#CC#CC#CC#CC#CC#CC#CC(=O)O[C@@H](COC1OC(COC)C(O)C(O)C1O)[C@@H]1OC(C)(C)O[C@@H]1CCCCCCCCCCCCCC.CC#CC#CC#CC#CC#CC#CC#CC#CC#CC#CC#CC#CC(=O)O[C@@H](COC1OC(COC)C(O)C(O)C1O)[C@H](O)[C@H](O)CCCCCCCCCCCCCC.[HH].[HH].[HH].[HH].[HH].[HH].[HH].[HH].[HH].[HH].[HH].[HH].[HH].[HH].[HH].[HH].[HH].[HH].[HH].[HH].[HH].[HH].[HH].[HH].[HH].[HH].[HH].[HH].[HH].[HH].[HH].[HH].[HH].[HH].[HH].[HH].[HH].[HH].[HH].[HH].[HH].[HH].[HH].[HH].[HH].[HH].[HH].[HH]. The zero-order chi connectivity index (χ0) is 91.1. The van der Waals surface area contributed by atoms with E-state index in [0.29, 0.717) is 12.8 Å². The van der Waals surface area contributed by atoms with Gasteiger partial charge < -0.3 is 88.2 Å². The lowest BCUT2D eigenvalue weighted by atomic mass is 9.99. The van der Waals surface area contributed by atoms with E-state index in [2.05, 4.69) is 298 Å². The molecule has 3 saturated heterocycles. The number of hydrogen-bond donors (Lipinski definition) is 8. The third kappa shape index (κ3) is 55.5. The molecule has 3 heterocycles. The minimum absolute atomic E-state index is 0. The fraction of sp³-hybridized carbons (Fsp3) is 0.524. The highest BCUT2D eigenvalue weighted by molar-refractivity contribution is 5.89. The van der Waals surface area contributed by atoms with E-state index in [0.717, 1.165) is 44.9 Å². The summed E-state index contributed by atoms with van der Waals surface area (Å²) in [6.07, 6.45) is 8.24. The molecule has 125 heavy (non-hydrogen) atoms. The van der Waals surface area contributed by atoms with Crippen LogP contribution in [0.15, 0.2) is 0 Å². The molecule has 3 rings (SSSR count). The quantitative estimate of drug-likeness (QED) is 0.0122. The molecular formula is C105H204O20. The van der Waals surface area contributed by atoms with Crippen molar-refractivity contribution in [3.8, 4) is 284 Å². The summed E-state index contributed by atoms with van der Waals surface area (Å²) in [5, 5.41) is 84.3. The summed E-state index contributed by atoms with van der Waals surface area (Å²) in [4.78, 5) is 25.6. The van der Waals surface area contributed by atoms with Crippen LogP contribution in [0.4, 0.5) is 0 Å². The Hall–Kier alpha value is -12.3. The van der Waals surface area contributed by atoms with Gasteiger partial charge in [0.1, 0.15) is 61.0 Å². The standard InChI is InChI=1S/C54H56O10.C51H52O10.48H2/c1-6-8-10-12-14-16-18-20-21-22-23-24-25-26-27-28-29-30-32-34-36-38-40-42-48(55)61-47(44-60-53-51(58)50(57)49(56)46(62-53)43-59-5)52-45(63-54(3,4)64-52)41-39-37-35-33-31-19-17-15-13-11-9-7-2;1-4-6-8-10-12-14-16-18-19-20-21-22-23-24-25-26-27-28-30-32-34-36-38-40-46(53)60-45(42-59-51-50(57)49(56)48(55)44(61-51)41-58-3)47(54)43(52)39-37-35-33-31-29-17-15-13-11-9-7-5-2;;;;;;;;;;;;;;;;;;;;;;;;;;;;;;;;;;;;;;;;;;;;;;;;/h45-47,49-53,56-58H,7,9,11,13,15,17,19,31,33,35,37,39,41,43-44H2,1-5H3;43-45,47-52,54-57H,5,7,9,11,13,15,17,29,31,33,35,37,39,41-42H2,1-3H3;48*1H/t45-,46?,47+,49?,50?,51?,52-,53?;43-,44?,45+,47-,48?,49?,50?,51?;;;;;;;;;;;;;;;;;;;;;;;;;;;;;;;;;;;;;;;;;;;;;;;;/m11................................................/s1.